The Morgan fingerprint density at radius 3 is 2.34 bits per heavy atom. The van der Waals surface area contributed by atoms with Crippen molar-refractivity contribution in [3.8, 4) is 11.3 Å². The van der Waals surface area contributed by atoms with Crippen molar-refractivity contribution in [2.75, 3.05) is 10.6 Å². The number of rotatable bonds is 5. The van der Waals surface area contributed by atoms with Crippen LogP contribution in [0.25, 0.3) is 11.3 Å². The number of hydrogen-bond donors (Lipinski definition) is 2. The van der Waals surface area contributed by atoms with Crippen LogP contribution in [0.3, 0.4) is 0 Å². The van der Waals surface area contributed by atoms with E-state index in [1.54, 1.807) is 12.3 Å². The van der Waals surface area contributed by atoms with Crippen molar-refractivity contribution < 1.29 is 4.79 Å². The Labute approximate surface area is 169 Å². The topological polar surface area (TPSA) is 66.9 Å². The van der Waals surface area contributed by atoms with Gasteiger partial charge >= 0.3 is 0 Å². The summed E-state index contributed by atoms with van der Waals surface area (Å²) in [5.74, 6) is 0.313. The Hall–Kier alpha value is -3.99. The fraction of sp³-hybridized carbons (Fsp3) is 0.0417. The number of hydrogen-bond acceptors (Lipinski definition) is 4. The Bertz CT molecular complexity index is 1130. The molecular formula is C24H20N4O. The third-order valence-electron chi connectivity index (χ3n) is 4.50. The van der Waals surface area contributed by atoms with E-state index in [9.17, 15) is 4.79 Å². The average Bonchev–Trinajstić information content (AvgIpc) is 2.77. The molecule has 0 bridgehead atoms. The van der Waals surface area contributed by atoms with Gasteiger partial charge in [0.25, 0.3) is 5.91 Å². The van der Waals surface area contributed by atoms with E-state index >= 15 is 0 Å². The number of aromatic nitrogens is 2. The molecule has 3 aromatic carbocycles. The molecule has 0 radical (unpaired) electrons. The van der Waals surface area contributed by atoms with Gasteiger partial charge in [-0.05, 0) is 42.8 Å². The van der Waals surface area contributed by atoms with E-state index in [0.717, 1.165) is 28.2 Å². The van der Waals surface area contributed by atoms with Gasteiger partial charge in [-0.3, -0.25) is 4.79 Å². The van der Waals surface area contributed by atoms with Crippen LogP contribution in [-0.4, -0.2) is 15.9 Å². The van der Waals surface area contributed by atoms with Gasteiger partial charge in [-0.1, -0.05) is 54.6 Å². The molecule has 1 amide bonds. The van der Waals surface area contributed by atoms with Gasteiger partial charge in [-0.2, -0.15) is 0 Å². The predicted octanol–water partition coefficient (Wildman–Crippen LogP) is 5.45. The minimum atomic E-state index is -0.168. The van der Waals surface area contributed by atoms with Crippen LogP contribution in [0.5, 0.6) is 0 Å². The number of amides is 1. The Balaban J connectivity index is 1.56. The van der Waals surface area contributed by atoms with Gasteiger partial charge in [-0.25, -0.2) is 9.97 Å². The molecule has 1 aromatic heterocycles. The average molecular weight is 380 g/mol. The van der Waals surface area contributed by atoms with Crippen LogP contribution >= 0.6 is 0 Å². The number of para-hydroxylation sites is 1. The van der Waals surface area contributed by atoms with E-state index in [0.29, 0.717) is 11.5 Å². The van der Waals surface area contributed by atoms with Crippen LogP contribution in [0, 0.1) is 6.92 Å². The Morgan fingerprint density at radius 2 is 1.59 bits per heavy atom. The maximum Gasteiger partial charge on any atom is 0.255 e. The van der Waals surface area contributed by atoms with Crippen molar-refractivity contribution in [3.63, 3.8) is 0 Å². The van der Waals surface area contributed by atoms with Crippen LogP contribution in [0.4, 0.5) is 17.3 Å². The molecule has 2 N–H and O–H groups in total. The minimum absolute atomic E-state index is 0.168. The van der Waals surface area contributed by atoms with E-state index in [4.69, 9.17) is 0 Å². The second kappa shape index (κ2) is 8.35. The van der Waals surface area contributed by atoms with Crippen molar-refractivity contribution in [3.05, 3.63) is 102 Å². The van der Waals surface area contributed by atoms with Crippen molar-refractivity contribution in [1.29, 1.82) is 0 Å². The molecule has 0 saturated carbocycles. The monoisotopic (exact) mass is 380 g/mol. The lowest BCUT2D eigenvalue weighted by Gasteiger charge is -2.12. The number of nitrogens with one attached hydrogen (secondary N) is 2. The van der Waals surface area contributed by atoms with Crippen LogP contribution in [0.2, 0.25) is 0 Å². The summed E-state index contributed by atoms with van der Waals surface area (Å²) in [5, 5.41) is 6.14. The van der Waals surface area contributed by atoms with Gasteiger partial charge in [0, 0.05) is 28.7 Å². The molecule has 29 heavy (non-hydrogen) atoms. The highest BCUT2D eigenvalue weighted by Crippen LogP contribution is 2.23. The first-order chi connectivity index (χ1) is 14.2. The first-order valence-electron chi connectivity index (χ1n) is 9.31. The largest absolute Gasteiger partial charge is 0.324 e. The van der Waals surface area contributed by atoms with E-state index in [-0.39, 0.29) is 5.91 Å². The van der Waals surface area contributed by atoms with Crippen LogP contribution < -0.4 is 10.6 Å². The number of carbonyl (C=O) groups excluding carboxylic acids is 1. The van der Waals surface area contributed by atoms with Crippen LogP contribution in [0.15, 0.2) is 91.1 Å². The zero-order valence-corrected chi connectivity index (χ0v) is 16.0. The van der Waals surface area contributed by atoms with Gasteiger partial charge < -0.3 is 10.6 Å². The SMILES string of the molecule is Cc1ccc(C(=O)Nc2ccccc2)cc1Nc1nccc(-c2ccccc2)n1. The lowest BCUT2D eigenvalue weighted by Crippen LogP contribution is -2.12. The van der Waals surface area contributed by atoms with Gasteiger partial charge in [0.15, 0.2) is 0 Å². The van der Waals surface area contributed by atoms with Gasteiger partial charge in [0.2, 0.25) is 5.95 Å². The molecule has 0 atom stereocenters. The lowest BCUT2D eigenvalue weighted by molar-refractivity contribution is 0.102. The molecule has 5 nitrogen and oxygen atoms in total. The zero-order valence-electron chi connectivity index (χ0n) is 16.0. The molecule has 0 unspecified atom stereocenters. The summed E-state index contributed by atoms with van der Waals surface area (Å²) in [7, 11) is 0. The molecule has 1 heterocycles. The smallest absolute Gasteiger partial charge is 0.255 e. The molecule has 142 valence electrons. The molecule has 0 aliphatic heterocycles. The second-order valence-corrected chi connectivity index (χ2v) is 6.61. The first-order valence-corrected chi connectivity index (χ1v) is 9.31. The van der Waals surface area contributed by atoms with E-state index in [1.807, 2.05) is 85.8 Å². The summed E-state index contributed by atoms with van der Waals surface area (Å²) in [6.07, 6.45) is 1.72. The summed E-state index contributed by atoms with van der Waals surface area (Å²) in [6, 6.07) is 26.7. The molecule has 0 spiro atoms. The normalized spacial score (nSPS) is 10.4. The molecule has 4 aromatic rings. The maximum absolute atomic E-state index is 12.6. The fourth-order valence-electron chi connectivity index (χ4n) is 2.93. The summed E-state index contributed by atoms with van der Waals surface area (Å²) in [6.45, 7) is 1.97. The molecule has 0 aliphatic carbocycles. The number of carbonyl (C=O) groups is 1. The van der Waals surface area contributed by atoms with Crippen molar-refractivity contribution >= 4 is 23.2 Å². The number of anilines is 3. The second-order valence-electron chi connectivity index (χ2n) is 6.61. The molecule has 0 aliphatic rings. The first kappa shape index (κ1) is 18.4. The summed E-state index contributed by atoms with van der Waals surface area (Å²) in [4.78, 5) is 21.5. The fourth-order valence-corrected chi connectivity index (χ4v) is 2.93. The molecule has 5 heteroatoms. The summed E-state index contributed by atoms with van der Waals surface area (Å²) >= 11 is 0. The van der Waals surface area contributed by atoms with Crippen LogP contribution in [-0.2, 0) is 0 Å². The summed E-state index contributed by atoms with van der Waals surface area (Å²) in [5.41, 5.74) is 4.95. The Morgan fingerprint density at radius 1 is 0.862 bits per heavy atom. The third kappa shape index (κ3) is 4.47. The Kier molecular flexibility index (Phi) is 5.29. The van der Waals surface area contributed by atoms with E-state index in [2.05, 4.69) is 20.6 Å². The minimum Gasteiger partial charge on any atom is -0.324 e. The zero-order chi connectivity index (χ0) is 20.1. The van der Waals surface area contributed by atoms with Crippen LogP contribution in [0.1, 0.15) is 15.9 Å². The highest BCUT2D eigenvalue weighted by Gasteiger charge is 2.10. The number of nitrogens with zero attached hydrogens (tertiary/aromatic N) is 2. The molecule has 0 saturated heterocycles. The van der Waals surface area contributed by atoms with Crippen molar-refractivity contribution in [2.24, 2.45) is 0 Å². The van der Waals surface area contributed by atoms with E-state index in [1.165, 1.54) is 0 Å². The van der Waals surface area contributed by atoms with Gasteiger partial charge in [0.05, 0.1) is 5.69 Å². The molecule has 0 fully saturated rings. The molecular weight excluding hydrogens is 360 g/mol. The highest BCUT2D eigenvalue weighted by atomic mass is 16.1. The standard InChI is InChI=1S/C24H20N4O/c1-17-12-13-19(23(29)26-20-10-6-3-7-11-20)16-22(17)28-24-25-15-14-21(27-24)18-8-4-2-5-9-18/h2-16H,1H3,(H,26,29)(H,25,27,28). The third-order valence-corrected chi connectivity index (χ3v) is 4.50. The van der Waals surface area contributed by atoms with Gasteiger partial charge in [0.1, 0.15) is 0 Å². The summed E-state index contributed by atoms with van der Waals surface area (Å²) < 4.78 is 0. The lowest BCUT2D eigenvalue weighted by atomic mass is 10.1. The van der Waals surface area contributed by atoms with E-state index < -0.39 is 0 Å². The number of benzene rings is 3. The van der Waals surface area contributed by atoms with Crippen molar-refractivity contribution in [1.82, 2.24) is 9.97 Å². The number of aryl methyl sites for hydroxylation is 1. The van der Waals surface area contributed by atoms with Gasteiger partial charge in [-0.15, -0.1) is 0 Å². The maximum atomic E-state index is 12.6. The quantitative estimate of drug-likeness (QED) is 0.483. The molecule has 4 rings (SSSR count). The predicted molar refractivity (Wildman–Crippen MR) is 116 cm³/mol. The van der Waals surface area contributed by atoms with Crippen molar-refractivity contribution in [2.45, 2.75) is 6.92 Å². The highest BCUT2D eigenvalue weighted by molar-refractivity contribution is 6.05.